The number of carbonyl (C=O) groups is 4. The van der Waals surface area contributed by atoms with E-state index >= 15 is 13.2 Å². The smallest absolute Gasteiger partial charge is 0.344 e. The van der Waals surface area contributed by atoms with Crippen molar-refractivity contribution in [2.24, 2.45) is 11.8 Å². The van der Waals surface area contributed by atoms with Gasteiger partial charge in [-0.1, -0.05) is 51.8 Å². The van der Waals surface area contributed by atoms with Crippen LogP contribution in [0.1, 0.15) is 75.5 Å². The van der Waals surface area contributed by atoms with Gasteiger partial charge in [0.1, 0.15) is 17.9 Å². The second kappa shape index (κ2) is 16.3. The Morgan fingerprint density at radius 3 is 2.29 bits per heavy atom. The first kappa shape index (κ1) is 37.4. The van der Waals surface area contributed by atoms with Crippen LogP contribution in [0.4, 0.5) is 18.9 Å². The maximum Gasteiger partial charge on any atom is 0.349 e. The summed E-state index contributed by atoms with van der Waals surface area (Å²) in [7, 11) is 1.96. The minimum Gasteiger partial charge on any atom is -0.344 e. The number of likely N-dealkylation sites (N-methyl/N-ethyl adjacent to an activating group) is 1. The number of amides is 4. The molecule has 4 rings (SSSR count). The zero-order valence-electron chi connectivity index (χ0n) is 28.4. The normalized spacial score (nSPS) is 20.3. The van der Waals surface area contributed by atoms with Gasteiger partial charge in [-0.15, -0.1) is 0 Å². The number of benzene rings is 2. The fourth-order valence-electron chi connectivity index (χ4n) is 6.38. The molecule has 0 aromatic heterocycles. The van der Waals surface area contributed by atoms with E-state index in [1.54, 1.807) is 24.8 Å². The molecule has 0 bridgehead atoms. The van der Waals surface area contributed by atoms with Crippen molar-refractivity contribution in [1.82, 2.24) is 20.4 Å². The summed E-state index contributed by atoms with van der Waals surface area (Å²) in [6.07, 6.45) is 2.62. The number of piperazine rings is 1. The number of halogens is 3. The molecule has 264 valence electrons. The van der Waals surface area contributed by atoms with Crippen molar-refractivity contribution in [2.75, 3.05) is 38.5 Å². The number of alkyl halides is 2. The lowest BCUT2D eigenvalue weighted by Gasteiger charge is -2.36. The molecule has 0 radical (unpaired) electrons. The lowest BCUT2D eigenvalue weighted by molar-refractivity contribution is -0.149. The molecule has 2 aromatic rings. The van der Waals surface area contributed by atoms with Crippen molar-refractivity contribution in [3.8, 4) is 6.07 Å². The highest BCUT2D eigenvalue weighted by molar-refractivity contribution is 5.98. The van der Waals surface area contributed by atoms with Crippen LogP contribution in [0.25, 0.3) is 0 Å². The van der Waals surface area contributed by atoms with Crippen LogP contribution in [0.5, 0.6) is 0 Å². The van der Waals surface area contributed by atoms with E-state index in [1.165, 1.54) is 30.3 Å². The Morgan fingerprint density at radius 2 is 1.67 bits per heavy atom. The summed E-state index contributed by atoms with van der Waals surface area (Å²) in [5.74, 6) is -8.72. The summed E-state index contributed by atoms with van der Waals surface area (Å²) in [4.78, 5) is 56.4. The summed E-state index contributed by atoms with van der Waals surface area (Å²) in [6.45, 7) is 7.80. The molecule has 2 fully saturated rings. The Labute approximate surface area is 285 Å². The number of hydrogen-bond donors (Lipinski definition) is 3. The zero-order valence-corrected chi connectivity index (χ0v) is 28.4. The van der Waals surface area contributed by atoms with Crippen LogP contribution in [0, 0.1) is 29.0 Å². The van der Waals surface area contributed by atoms with Gasteiger partial charge in [-0.2, -0.15) is 14.0 Å². The number of anilines is 1. The topological polar surface area (TPSA) is 135 Å². The largest absolute Gasteiger partial charge is 0.349 e. The number of nitrogens with one attached hydrogen (secondary N) is 3. The molecule has 3 N–H and O–H groups in total. The van der Waals surface area contributed by atoms with Gasteiger partial charge >= 0.3 is 5.92 Å². The summed E-state index contributed by atoms with van der Waals surface area (Å²) < 4.78 is 46.3. The molecule has 1 heterocycles. The van der Waals surface area contributed by atoms with Crippen LogP contribution in [0.15, 0.2) is 42.5 Å². The molecule has 1 aliphatic heterocycles. The second-order valence-electron chi connectivity index (χ2n) is 13.3. The molecule has 1 unspecified atom stereocenters. The lowest BCUT2D eigenvalue weighted by atomic mass is 9.79. The average molecular weight is 683 g/mol. The monoisotopic (exact) mass is 682 g/mol. The van der Waals surface area contributed by atoms with Gasteiger partial charge in [-0.25, -0.2) is 4.39 Å². The molecule has 1 saturated carbocycles. The van der Waals surface area contributed by atoms with Gasteiger partial charge in [-0.05, 0) is 61.6 Å². The molecule has 2 aromatic carbocycles. The standard InChI is InChI=1S/C36H45F3N6O4/c1-5-30(46)42-31(34(48)45-17-15-44(4)16-18-45)23(3)26-13-14-29(28(37)20-26)41-33(47)32(25-11-9-22(2)10-12-25)43-35(49)36(38,39)27-8-6-7-24(19-27)21-40/h6-8,13-14,19-20,22-23,25,31-32H,5,9-12,15-18H2,1-4H3,(H,41,47)(H,42,46)(H,43,49)/t22?,23-,25?,31+,32?/m0/s1. The van der Waals surface area contributed by atoms with Gasteiger partial charge in [-0.3, -0.25) is 19.2 Å². The summed E-state index contributed by atoms with van der Waals surface area (Å²) in [5, 5.41) is 16.6. The van der Waals surface area contributed by atoms with Crippen molar-refractivity contribution in [2.45, 2.75) is 76.8 Å². The van der Waals surface area contributed by atoms with E-state index in [1.807, 2.05) is 7.05 Å². The predicted molar refractivity (Wildman–Crippen MR) is 178 cm³/mol. The first-order valence-electron chi connectivity index (χ1n) is 16.8. The van der Waals surface area contributed by atoms with Crippen LogP contribution in [0.3, 0.4) is 0 Å². The Balaban J connectivity index is 1.54. The van der Waals surface area contributed by atoms with Crippen molar-refractivity contribution in [3.05, 3.63) is 65.0 Å². The van der Waals surface area contributed by atoms with E-state index in [2.05, 4.69) is 27.8 Å². The van der Waals surface area contributed by atoms with Crippen molar-refractivity contribution in [3.63, 3.8) is 0 Å². The molecule has 49 heavy (non-hydrogen) atoms. The van der Waals surface area contributed by atoms with Gasteiger partial charge in [0, 0.05) is 44.1 Å². The molecular weight excluding hydrogens is 637 g/mol. The molecule has 0 spiro atoms. The molecule has 13 heteroatoms. The first-order chi connectivity index (χ1) is 23.2. The fraction of sp³-hybridized carbons (Fsp3) is 0.528. The molecular formula is C36H45F3N6O4. The predicted octanol–water partition coefficient (Wildman–Crippen LogP) is 4.51. The zero-order chi connectivity index (χ0) is 35.9. The summed E-state index contributed by atoms with van der Waals surface area (Å²) in [5.41, 5.74) is -0.547. The van der Waals surface area contributed by atoms with Crippen LogP contribution in [-0.2, 0) is 25.1 Å². The lowest BCUT2D eigenvalue weighted by Crippen LogP contribution is -2.55. The number of nitrogens with zero attached hydrogens (tertiary/aromatic N) is 3. The maximum atomic E-state index is 15.6. The van der Waals surface area contributed by atoms with Crippen molar-refractivity contribution >= 4 is 29.3 Å². The first-order valence-corrected chi connectivity index (χ1v) is 16.8. The number of rotatable bonds is 11. The maximum absolute atomic E-state index is 15.6. The van der Waals surface area contributed by atoms with Crippen LogP contribution < -0.4 is 16.0 Å². The Morgan fingerprint density at radius 1 is 1.00 bits per heavy atom. The Hall–Kier alpha value is -4.44. The molecule has 10 nitrogen and oxygen atoms in total. The van der Waals surface area contributed by atoms with Gasteiger partial charge < -0.3 is 25.8 Å². The van der Waals surface area contributed by atoms with E-state index in [0.717, 1.165) is 25.0 Å². The van der Waals surface area contributed by atoms with E-state index in [0.29, 0.717) is 50.5 Å². The van der Waals surface area contributed by atoms with E-state index in [-0.39, 0.29) is 29.5 Å². The molecule has 3 atom stereocenters. The molecule has 1 saturated heterocycles. The van der Waals surface area contributed by atoms with Crippen LogP contribution in [-0.4, -0.2) is 78.7 Å². The highest BCUT2D eigenvalue weighted by Crippen LogP contribution is 2.34. The van der Waals surface area contributed by atoms with Gasteiger partial charge in [0.15, 0.2) is 0 Å². The third-order valence-electron chi connectivity index (χ3n) is 9.74. The summed E-state index contributed by atoms with van der Waals surface area (Å²) in [6, 6.07) is 8.03. The highest BCUT2D eigenvalue weighted by atomic mass is 19.3. The Kier molecular flexibility index (Phi) is 12.4. The molecule has 4 amide bonds. The van der Waals surface area contributed by atoms with Crippen molar-refractivity contribution < 1.29 is 32.3 Å². The van der Waals surface area contributed by atoms with Crippen LogP contribution in [0.2, 0.25) is 0 Å². The third kappa shape index (κ3) is 9.17. The van der Waals surface area contributed by atoms with Gasteiger partial charge in [0.25, 0.3) is 5.91 Å². The summed E-state index contributed by atoms with van der Waals surface area (Å²) >= 11 is 0. The van der Waals surface area contributed by atoms with E-state index in [9.17, 15) is 19.2 Å². The minimum absolute atomic E-state index is 0.0449. The number of nitriles is 1. The van der Waals surface area contributed by atoms with Gasteiger partial charge in [0.05, 0.1) is 17.3 Å². The number of hydrogen-bond acceptors (Lipinski definition) is 6. The highest BCUT2D eigenvalue weighted by Gasteiger charge is 2.44. The average Bonchev–Trinajstić information content (AvgIpc) is 3.10. The van der Waals surface area contributed by atoms with E-state index < -0.39 is 53.0 Å². The minimum atomic E-state index is -4.04. The Bertz CT molecular complexity index is 1560. The SMILES string of the molecule is CCC(=O)N[C@@H](C(=O)N1CCN(C)CC1)[C@@H](C)c1ccc(NC(=O)C(NC(=O)C(F)(F)c2cccc(C#N)c2)C2CCC(C)CC2)c(F)c1. The van der Waals surface area contributed by atoms with Crippen LogP contribution >= 0.6 is 0 Å². The molecule has 1 aliphatic carbocycles. The van der Waals surface area contributed by atoms with E-state index in [4.69, 9.17) is 5.26 Å². The number of carbonyl (C=O) groups excluding carboxylic acids is 4. The van der Waals surface area contributed by atoms with Gasteiger partial charge in [0.2, 0.25) is 17.7 Å². The quantitative estimate of drug-likeness (QED) is 0.320. The fourth-order valence-corrected chi connectivity index (χ4v) is 6.38. The third-order valence-corrected chi connectivity index (χ3v) is 9.74. The van der Waals surface area contributed by atoms with Crippen molar-refractivity contribution in [1.29, 1.82) is 5.26 Å². The second-order valence-corrected chi connectivity index (χ2v) is 13.3. The molecule has 2 aliphatic rings.